The molecular weight excluding hydrogens is 510 g/mol. The number of carbonyl (C=O) groups is 1. The molecule has 1 spiro atoms. The second-order valence-electron chi connectivity index (χ2n) is 13.3. The summed E-state index contributed by atoms with van der Waals surface area (Å²) in [5.41, 5.74) is 7.66. The van der Waals surface area contributed by atoms with E-state index in [0.717, 1.165) is 85.8 Å². The number of carbonyl (C=O) groups excluding carboxylic acids is 1. The van der Waals surface area contributed by atoms with Gasteiger partial charge in [-0.1, -0.05) is 24.3 Å². The molecule has 2 aliphatic carbocycles. The molecule has 0 saturated heterocycles. The van der Waals surface area contributed by atoms with Crippen LogP contribution >= 0.6 is 0 Å². The molecular formula is C34H39N5O2. The Labute approximate surface area is 242 Å². The monoisotopic (exact) mass is 549 g/mol. The number of amidine groups is 1. The van der Waals surface area contributed by atoms with Gasteiger partial charge in [0.2, 0.25) is 0 Å². The summed E-state index contributed by atoms with van der Waals surface area (Å²) in [7, 11) is 0. The number of hydrogen-bond acceptors (Lipinski definition) is 7. The highest BCUT2D eigenvalue weighted by atomic mass is 16.6. The fourth-order valence-corrected chi connectivity index (χ4v) is 7.74. The molecule has 3 aromatic rings. The molecule has 7 nitrogen and oxygen atoms in total. The molecule has 1 fully saturated rings. The number of benzene rings is 1. The maximum atomic E-state index is 13.0. The molecule has 0 bridgehead atoms. The molecule has 0 N–H and O–H groups in total. The zero-order valence-corrected chi connectivity index (χ0v) is 24.4. The lowest BCUT2D eigenvalue weighted by molar-refractivity contribution is -0.156. The average Bonchev–Trinajstić information content (AvgIpc) is 3.51. The molecule has 41 heavy (non-hydrogen) atoms. The van der Waals surface area contributed by atoms with E-state index in [4.69, 9.17) is 19.7 Å². The number of aromatic nitrogens is 3. The minimum absolute atomic E-state index is 0.0897. The van der Waals surface area contributed by atoms with Crippen LogP contribution in [0.15, 0.2) is 53.8 Å². The van der Waals surface area contributed by atoms with E-state index in [1.165, 1.54) is 11.1 Å². The summed E-state index contributed by atoms with van der Waals surface area (Å²) in [6, 6.07) is 12.9. The molecule has 1 atom stereocenters. The SMILES string of the molecule is CC(C)(C)OC(=O)C[C@@H]1c2ccccc2CC12CCC(c1cnc3c(n1)CN=C3N1CCCc3ncccc31)CC2. The van der Waals surface area contributed by atoms with Gasteiger partial charge in [-0.15, -0.1) is 0 Å². The molecule has 4 heterocycles. The van der Waals surface area contributed by atoms with Crippen LogP contribution in [-0.4, -0.2) is 38.9 Å². The Morgan fingerprint density at radius 3 is 2.73 bits per heavy atom. The molecule has 212 valence electrons. The summed E-state index contributed by atoms with van der Waals surface area (Å²) in [5, 5.41) is 0. The molecule has 7 rings (SSSR count). The third-order valence-electron chi connectivity index (χ3n) is 9.56. The highest BCUT2D eigenvalue weighted by Gasteiger charge is 2.49. The largest absolute Gasteiger partial charge is 0.460 e. The second-order valence-corrected chi connectivity index (χ2v) is 13.3. The zero-order chi connectivity index (χ0) is 28.2. The number of hydrogen-bond donors (Lipinski definition) is 0. The summed E-state index contributed by atoms with van der Waals surface area (Å²) in [5.74, 6) is 1.43. The van der Waals surface area contributed by atoms with Gasteiger partial charge in [-0.2, -0.15) is 0 Å². The van der Waals surface area contributed by atoms with Gasteiger partial charge in [-0.25, -0.2) is 4.98 Å². The van der Waals surface area contributed by atoms with Crippen LogP contribution in [0.3, 0.4) is 0 Å². The van der Waals surface area contributed by atoms with Crippen LogP contribution in [0.5, 0.6) is 0 Å². The molecule has 2 aliphatic heterocycles. The Morgan fingerprint density at radius 1 is 1.07 bits per heavy atom. The maximum absolute atomic E-state index is 13.0. The highest BCUT2D eigenvalue weighted by Crippen LogP contribution is 2.58. The van der Waals surface area contributed by atoms with Crippen molar-refractivity contribution < 1.29 is 9.53 Å². The smallest absolute Gasteiger partial charge is 0.306 e. The van der Waals surface area contributed by atoms with Crippen molar-refractivity contribution in [2.24, 2.45) is 10.4 Å². The van der Waals surface area contributed by atoms with Crippen molar-refractivity contribution in [2.75, 3.05) is 11.4 Å². The lowest BCUT2D eigenvalue weighted by Crippen LogP contribution is -2.36. The van der Waals surface area contributed by atoms with Crippen molar-refractivity contribution in [1.82, 2.24) is 15.0 Å². The predicted octanol–water partition coefficient (Wildman–Crippen LogP) is 6.30. The van der Waals surface area contributed by atoms with Crippen LogP contribution in [-0.2, 0) is 28.9 Å². The summed E-state index contributed by atoms with van der Waals surface area (Å²) in [6.45, 7) is 7.35. The fourth-order valence-electron chi connectivity index (χ4n) is 7.74. The first kappa shape index (κ1) is 26.3. The van der Waals surface area contributed by atoms with Gasteiger partial charge < -0.3 is 9.64 Å². The van der Waals surface area contributed by atoms with Crippen LogP contribution in [0.25, 0.3) is 0 Å². The minimum atomic E-state index is -0.468. The molecule has 4 aliphatic rings. The average molecular weight is 550 g/mol. The van der Waals surface area contributed by atoms with Gasteiger partial charge in [0.15, 0.2) is 5.84 Å². The van der Waals surface area contributed by atoms with Crippen molar-refractivity contribution >= 4 is 17.5 Å². The molecule has 7 heteroatoms. The number of aliphatic imine (C=N–C) groups is 1. The van der Waals surface area contributed by atoms with Gasteiger partial charge in [-0.3, -0.25) is 19.8 Å². The Balaban J connectivity index is 1.08. The Bertz CT molecular complexity index is 1520. The first-order valence-electron chi connectivity index (χ1n) is 15.2. The number of ether oxygens (including phenoxy) is 1. The van der Waals surface area contributed by atoms with Crippen LogP contribution in [0.2, 0.25) is 0 Å². The zero-order valence-electron chi connectivity index (χ0n) is 24.4. The first-order chi connectivity index (χ1) is 19.8. The van der Waals surface area contributed by atoms with Gasteiger partial charge in [0, 0.05) is 30.8 Å². The van der Waals surface area contributed by atoms with Gasteiger partial charge >= 0.3 is 5.97 Å². The van der Waals surface area contributed by atoms with Crippen molar-refractivity contribution in [1.29, 1.82) is 0 Å². The number of aryl methyl sites for hydroxylation is 1. The third kappa shape index (κ3) is 4.83. The number of esters is 1. The number of fused-ring (bicyclic) bond motifs is 3. The van der Waals surface area contributed by atoms with Gasteiger partial charge in [-0.05, 0) is 94.4 Å². The quantitative estimate of drug-likeness (QED) is 0.357. The van der Waals surface area contributed by atoms with E-state index >= 15 is 0 Å². The van der Waals surface area contributed by atoms with Crippen LogP contribution in [0, 0.1) is 5.41 Å². The van der Waals surface area contributed by atoms with Gasteiger partial charge in [0.05, 0.1) is 35.7 Å². The lowest BCUT2D eigenvalue weighted by atomic mass is 9.63. The molecule has 0 unspecified atom stereocenters. The van der Waals surface area contributed by atoms with E-state index in [2.05, 4.69) is 40.2 Å². The van der Waals surface area contributed by atoms with Crippen molar-refractivity contribution in [3.05, 3.63) is 82.7 Å². The normalized spacial score (nSPS) is 25.0. The molecule has 1 aromatic carbocycles. The van der Waals surface area contributed by atoms with E-state index in [1.54, 1.807) is 0 Å². The van der Waals surface area contributed by atoms with E-state index in [9.17, 15) is 4.79 Å². The summed E-state index contributed by atoms with van der Waals surface area (Å²) < 4.78 is 5.78. The molecule has 1 saturated carbocycles. The Hall–Kier alpha value is -3.61. The van der Waals surface area contributed by atoms with Crippen LogP contribution in [0.1, 0.15) is 105 Å². The number of anilines is 1. The third-order valence-corrected chi connectivity index (χ3v) is 9.56. The predicted molar refractivity (Wildman–Crippen MR) is 159 cm³/mol. The van der Waals surface area contributed by atoms with Crippen molar-refractivity contribution in [3.63, 3.8) is 0 Å². The number of nitrogens with zero attached hydrogens (tertiary/aromatic N) is 5. The number of rotatable bonds is 3. The molecule has 0 amide bonds. The lowest BCUT2D eigenvalue weighted by Gasteiger charge is -2.42. The Kier molecular flexibility index (Phi) is 6.44. The first-order valence-corrected chi connectivity index (χ1v) is 15.2. The second kappa shape index (κ2) is 10.0. The van der Waals surface area contributed by atoms with E-state index in [-0.39, 0.29) is 17.3 Å². The van der Waals surface area contributed by atoms with Crippen molar-refractivity contribution in [3.8, 4) is 0 Å². The van der Waals surface area contributed by atoms with E-state index in [0.29, 0.717) is 18.9 Å². The standard InChI is InChI=1S/C34H39N5O2/c1-33(2,3)41-30(40)18-25-24-9-5-4-8-23(24)19-34(25)14-12-22(13-15-34)27-20-36-31-28(38-27)21-37-32(31)39-17-7-10-26-29(39)11-6-16-35-26/h4-6,8-9,11,16,20,22,25H,7,10,12-15,17-19,21H2,1-3H3/t22?,25-,34?/m1/s1. The van der Waals surface area contributed by atoms with Gasteiger partial charge in [0.1, 0.15) is 11.3 Å². The van der Waals surface area contributed by atoms with E-state index < -0.39 is 5.60 Å². The minimum Gasteiger partial charge on any atom is -0.460 e. The fraction of sp³-hybridized carbons (Fsp3) is 0.500. The number of pyridine rings is 1. The van der Waals surface area contributed by atoms with Gasteiger partial charge in [0.25, 0.3) is 0 Å². The highest BCUT2D eigenvalue weighted by molar-refractivity contribution is 6.11. The van der Waals surface area contributed by atoms with Crippen molar-refractivity contribution in [2.45, 2.75) is 96.1 Å². The van der Waals surface area contributed by atoms with Crippen LogP contribution < -0.4 is 4.90 Å². The summed E-state index contributed by atoms with van der Waals surface area (Å²) >= 11 is 0. The maximum Gasteiger partial charge on any atom is 0.306 e. The van der Waals surface area contributed by atoms with E-state index in [1.807, 2.05) is 39.2 Å². The Morgan fingerprint density at radius 2 is 1.90 bits per heavy atom. The summed E-state index contributed by atoms with van der Waals surface area (Å²) in [6.07, 6.45) is 11.7. The molecule has 0 radical (unpaired) electrons. The topological polar surface area (TPSA) is 80.6 Å². The summed E-state index contributed by atoms with van der Waals surface area (Å²) in [4.78, 5) is 34.9. The molecule has 2 aromatic heterocycles. The van der Waals surface area contributed by atoms with Crippen LogP contribution in [0.4, 0.5) is 5.69 Å².